The molecule has 0 radical (unpaired) electrons. The zero-order valence-corrected chi connectivity index (χ0v) is 18.4. The molecule has 3 amide bonds. The first-order valence-electron chi connectivity index (χ1n) is 11.0. The number of amides is 3. The summed E-state index contributed by atoms with van der Waals surface area (Å²) in [5.74, 6) is 0.184. The van der Waals surface area contributed by atoms with E-state index in [2.05, 4.69) is 5.10 Å². The van der Waals surface area contributed by atoms with Gasteiger partial charge in [0, 0.05) is 51.0 Å². The Morgan fingerprint density at radius 2 is 1.73 bits per heavy atom. The van der Waals surface area contributed by atoms with Gasteiger partial charge < -0.3 is 19.4 Å². The summed E-state index contributed by atoms with van der Waals surface area (Å²) in [6.45, 7) is 2.19. The SMILES string of the molecule is COc1ccc(N2C[C@H](C(=O)N3CCN(C(=O)c4cnn5ccccc45)CC3)CC2=O)cc1. The van der Waals surface area contributed by atoms with Crippen LogP contribution in [0.5, 0.6) is 5.75 Å². The molecule has 170 valence electrons. The number of hydrogen-bond donors (Lipinski definition) is 0. The predicted octanol–water partition coefficient (Wildman–Crippen LogP) is 1.68. The fourth-order valence-corrected chi connectivity index (χ4v) is 4.54. The fourth-order valence-electron chi connectivity index (χ4n) is 4.54. The number of hydrogen-bond acceptors (Lipinski definition) is 5. The molecule has 0 N–H and O–H groups in total. The van der Waals surface area contributed by atoms with Gasteiger partial charge in [0.15, 0.2) is 0 Å². The van der Waals surface area contributed by atoms with E-state index in [0.29, 0.717) is 38.3 Å². The maximum Gasteiger partial charge on any atom is 0.257 e. The molecule has 33 heavy (non-hydrogen) atoms. The molecule has 1 atom stereocenters. The lowest BCUT2D eigenvalue weighted by molar-refractivity contribution is -0.137. The van der Waals surface area contributed by atoms with E-state index in [9.17, 15) is 14.4 Å². The molecule has 3 aromatic rings. The Hall–Kier alpha value is -3.88. The van der Waals surface area contributed by atoms with E-state index in [4.69, 9.17) is 4.74 Å². The first-order valence-corrected chi connectivity index (χ1v) is 11.0. The van der Waals surface area contributed by atoms with Gasteiger partial charge in [-0.2, -0.15) is 5.10 Å². The summed E-state index contributed by atoms with van der Waals surface area (Å²) < 4.78 is 6.85. The van der Waals surface area contributed by atoms with Gasteiger partial charge in [-0.15, -0.1) is 0 Å². The lowest BCUT2D eigenvalue weighted by Gasteiger charge is -2.35. The van der Waals surface area contributed by atoms with Crippen molar-refractivity contribution in [3.63, 3.8) is 0 Å². The summed E-state index contributed by atoms with van der Waals surface area (Å²) in [6, 6.07) is 12.9. The van der Waals surface area contributed by atoms with Crippen molar-refractivity contribution in [2.24, 2.45) is 5.92 Å². The third-order valence-electron chi connectivity index (χ3n) is 6.39. The highest BCUT2D eigenvalue weighted by atomic mass is 16.5. The van der Waals surface area contributed by atoms with Crippen molar-refractivity contribution in [2.45, 2.75) is 6.42 Å². The van der Waals surface area contributed by atoms with Gasteiger partial charge in [0.05, 0.1) is 30.3 Å². The van der Waals surface area contributed by atoms with E-state index < -0.39 is 0 Å². The molecule has 4 heterocycles. The Balaban J connectivity index is 1.20. The van der Waals surface area contributed by atoms with Crippen molar-refractivity contribution in [3.8, 4) is 5.75 Å². The topological polar surface area (TPSA) is 87.5 Å². The van der Waals surface area contributed by atoms with Crippen LogP contribution in [0.3, 0.4) is 0 Å². The minimum Gasteiger partial charge on any atom is -0.497 e. The molecule has 0 bridgehead atoms. The summed E-state index contributed by atoms with van der Waals surface area (Å²) in [6.07, 6.45) is 3.60. The van der Waals surface area contributed by atoms with Crippen LogP contribution in [-0.4, -0.2) is 77.0 Å². The molecule has 9 nitrogen and oxygen atoms in total. The average Bonchev–Trinajstić information content (AvgIpc) is 3.47. The molecular formula is C24H25N5O4. The molecule has 9 heteroatoms. The molecule has 0 spiro atoms. The summed E-state index contributed by atoms with van der Waals surface area (Å²) in [5.41, 5.74) is 2.09. The first kappa shape index (κ1) is 21.0. The number of ether oxygens (including phenoxy) is 1. The molecule has 0 saturated carbocycles. The van der Waals surface area contributed by atoms with Gasteiger partial charge in [-0.25, -0.2) is 4.52 Å². The number of aromatic nitrogens is 2. The number of anilines is 1. The van der Waals surface area contributed by atoms with E-state index in [0.717, 1.165) is 17.0 Å². The Morgan fingerprint density at radius 1 is 1.00 bits per heavy atom. The predicted molar refractivity (Wildman–Crippen MR) is 121 cm³/mol. The molecule has 0 aliphatic carbocycles. The summed E-state index contributed by atoms with van der Waals surface area (Å²) in [5, 5.41) is 4.24. The van der Waals surface area contributed by atoms with Gasteiger partial charge in [0.25, 0.3) is 5.91 Å². The van der Waals surface area contributed by atoms with Crippen molar-refractivity contribution >= 4 is 28.9 Å². The highest BCUT2D eigenvalue weighted by Crippen LogP contribution is 2.28. The number of nitrogens with zero attached hydrogens (tertiary/aromatic N) is 5. The maximum absolute atomic E-state index is 13.1. The Bertz CT molecular complexity index is 1200. The average molecular weight is 447 g/mol. The van der Waals surface area contributed by atoms with Crippen molar-refractivity contribution in [3.05, 3.63) is 60.4 Å². The van der Waals surface area contributed by atoms with Crippen molar-refractivity contribution in [1.29, 1.82) is 0 Å². The number of fused-ring (bicyclic) bond motifs is 1. The lowest BCUT2D eigenvalue weighted by Crippen LogP contribution is -2.52. The largest absolute Gasteiger partial charge is 0.497 e. The molecule has 0 unspecified atom stereocenters. The van der Waals surface area contributed by atoms with Crippen LogP contribution in [0.4, 0.5) is 5.69 Å². The van der Waals surface area contributed by atoms with Crippen LogP contribution in [0.1, 0.15) is 16.8 Å². The Labute approximate surface area is 191 Å². The van der Waals surface area contributed by atoms with Crippen molar-refractivity contribution < 1.29 is 19.1 Å². The highest BCUT2D eigenvalue weighted by Gasteiger charge is 2.38. The number of carbonyl (C=O) groups is 3. The summed E-state index contributed by atoms with van der Waals surface area (Å²) in [4.78, 5) is 43.9. The van der Waals surface area contributed by atoms with Gasteiger partial charge in [-0.05, 0) is 36.4 Å². The number of pyridine rings is 1. The van der Waals surface area contributed by atoms with Crippen LogP contribution >= 0.6 is 0 Å². The zero-order chi connectivity index (χ0) is 22.9. The fraction of sp³-hybridized carbons (Fsp3) is 0.333. The third kappa shape index (κ3) is 3.90. The summed E-state index contributed by atoms with van der Waals surface area (Å²) in [7, 11) is 1.59. The van der Waals surface area contributed by atoms with Crippen molar-refractivity contribution in [1.82, 2.24) is 19.4 Å². The number of piperazine rings is 1. The molecule has 5 rings (SSSR count). The normalized spacial score (nSPS) is 18.8. The molecule has 2 aliphatic heterocycles. The second kappa shape index (κ2) is 8.57. The monoisotopic (exact) mass is 447 g/mol. The van der Waals surface area contributed by atoms with Gasteiger partial charge in [-0.1, -0.05) is 6.07 Å². The molecule has 2 aliphatic rings. The molecule has 2 saturated heterocycles. The summed E-state index contributed by atoms with van der Waals surface area (Å²) >= 11 is 0. The minimum atomic E-state index is -0.374. The molecular weight excluding hydrogens is 422 g/mol. The Morgan fingerprint density at radius 3 is 2.45 bits per heavy atom. The second-order valence-corrected chi connectivity index (χ2v) is 8.31. The second-order valence-electron chi connectivity index (χ2n) is 8.31. The third-order valence-corrected chi connectivity index (χ3v) is 6.39. The number of benzene rings is 1. The van der Waals surface area contributed by atoms with E-state index in [-0.39, 0.29) is 30.1 Å². The molecule has 1 aromatic carbocycles. The number of methoxy groups -OCH3 is 1. The van der Waals surface area contributed by atoms with Crippen LogP contribution in [0, 0.1) is 5.92 Å². The van der Waals surface area contributed by atoms with Crippen LogP contribution in [0.25, 0.3) is 5.52 Å². The smallest absolute Gasteiger partial charge is 0.257 e. The minimum absolute atomic E-state index is 0.0255. The van der Waals surface area contributed by atoms with Crippen LogP contribution in [0.2, 0.25) is 0 Å². The van der Waals surface area contributed by atoms with Gasteiger partial charge in [0.2, 0.25) is 11.8 Å². The van der Waals surface area contributed by atoms with E-state index in [1.807, 2.05) is 30.3 Å². The van der Waals surface area contributed by atoms with E-state index in [1.54, 1.807) is 50.9 Å². The number of rotatable bonds is 4. The van der Waals surface area contributed by atoms with E-state index in [1.165, 1.54) is 0 Å². The standard InChI is InChI=1S/C24H25N5O4/c1-33-19-7-5-18(6-8-19)28-16-17(14-22(28)30)23(31)26-10-12-27(13-11-26)24(32)20-15-25-29-9-3-2-4-21(20)29/h2-9,15,17H,10-14,16H2,1H3/t17-/m1/s1. The van der Waals surface area contributed by atoms with Crippen LogP contribution in [-0.2, 0) is 9.59 Å². The first-order chi connectivity index (χ1) is 16.0. The quantitative estimate of drug-likeness (QED) is 0.607. The van der Waals surface area contributed by atoms with Crippen LogP contribution < -0.4 is 9.64 Å². The molecule has 2 fully saturated rings. The van der Waals surface area contributed by atoms with Gasteiger partial charge in [-0.3, -0.25) is 14.4 Å². The zero-order valence-electron chi connectivity index (χ0n) is 18.4. The van der Waals surface area contributed by atoms with Gasteiger partial charge in [0.1, 0.15) is 5.75 Å². The highest BCUT2D eigenvalue weighted by molar-refractivity contribution is 6.01. The number of carbonyl (C=O) groups excluding carboxylic acids is 3. The van der Waals surface area contributed by atoms with Crippen molar-refractivity contribution in [2.75, 3.05) is 44.7 Å². The Kier molecular flexibility index (Phi) is 5.45. The lowest BCUT2D eigenvalue weighted by atomic mass is 10.1. The van der Waals surface area contributed by atoms with Crippen LogP contribution in [0.15, 0.2) is 54.9 Å². The van der Waals surface area contributed by atoms with Gasteiger partial charge >= 0.3 is 0 Å². The van der Waals surface area contributed by atoms with E-state index >= 15 is 0 Å². The maximum atomic E-state index is 13.1. The molecule has 2 aromatic heterocycles.